The van der Waals surface area contributed by atoms with E-state index in [9.17, 15) is 9.90 Å². The fourth-order valence-electron chi connectivity index (χ4n) is 8.87. The van der Waals surface area contributed by atoms with Crippen LogP contribution >= 0.6 is 0 Å². The summed E-state index contributed by atoms with van der Waals surface area (Å²) >= 11 is 0. The minimum atomic E-state index is -0.471. The first-order chi connectivity index (χ1) is 14.3. The number of carbonyl (C=O) groups is 1. The molecule has 170 valence electrons. The average molecular weight is 418 g/mol. The van der Waals surface area contributed by atoms with Gasteiger partial charge in [0.1, 0.15) is 5.78 Å². The lowest BCUT2D eigenvalue weighted by atomic mass is 9.48. The lowest BCUT2D eigenvalue weighted by Crippen LogP contribution is -2.53. The normalized spacial score (nSPS) is 51.7. The largest absolute Gasteiger partial charge is 0.390 e. The second-order valence-electron chi connectivity index (χ2n) is 12.2. The molecule has 0 aromatic rings. The molecule has 0 bridgehead atoms. The van der Waals surface area contributed by atoms with Crippen LogP contribution in [0.4, 0.5) is 0 Å². The van der Waals surface area contributed by atoms with Gasteiger partial charge in [0.2, 0.25) is 0 Å². The highest BCUT2D eigenvalue weighted by Crippen LogP contribution is 2.65. The van der Waals surface area contributed by atoms with Gasteiger partial charge in [-0.2, -0.15) is 0 Å². The van der Waals surface area contributed by atoms with Gasteiger partial charge in [0.25, 0.3) is 0 Å². The molecule has 30 heavy (non-hydrogen) atoms. The Balaban J connectivity index is 1.29. The van der Waals surface area contributed by atoms with Crippen molar-refractivity contribution in [3.63, 3.8) is 0 Å². The van der Waals surface area contributed by atoms with E-state index in [4.69, 9.17) is 4.74 Å². The highest BCUT2D eigenvalue weighted by Gasteiger charge is 2.59. The van der Waals surface area contributed by atoms with Gasteiger partial charge in [0, 0.05) is 19.0 Å². The van der Waals surface area contributed by atoms with Gasteiger partial charge in [0.05, 0.1) is 25.4 Å². The Morgan fingerprint density at radius 2 is 1.80 bits per heavy atom. The van der Waals surface area contributed by atoms with Gasteiger partial charge in [-0.05, 0) is 99.2 Å². The Bertz CT molecular complexity index is 657. The lowest BCUT2D eigenvalue weighted by molar-refractivity contribution is -0.137. The maximum atomic E-state index is 13.4. The maximum absolute atomic E-state index is 13.4. The van der Waals surface area contributed by atoms with Crippen molar-refractivity contribution in [2.75, 3.05) is 32.8 Å². The van der Waals surface area contributed by atoms with E-state index in [1.165, 1.54) is 38.5 Å². The van der Waals surface area contributed by atoms with E-state index in [0.717, 1.165) is 68.7 Å². The van der Waals surface area contributed by atoms with Crippen LogP contribution in [0.5, 0.6) is 0 Å². The Kier molecular flexibility index (Phi) is 5.60. The number of Topliss-reactive ketones (excluding diaryl/α,β-unsaturated/α-hetero) is 1. The summed E-state index contributed by atoms with van der Waals surface area (Å²) < 4.78 is 5.47. The van der Waals surface area contributed by atoms with Gasteiger partial charge in [-0.1, -0.05) is 13.8 Å². The van der Waals surface area contributed by atoms with Crippen molar-refractivity contribution in [3.05, 3.63) is 0 Å². The van der Waals surface area contributed by atoms with Crippen molar-refractivity contribution in [2.24, 2.45) is 46.8 Å². The number of ether oxygens (including phenoxy) is 1. The van der Waals surface area contributed by atoms with Gasteiger partial charge in [-0.3, -0.25) is 9.69 Å². The highest BCUT2D eigenvalue weighted by atomic mass is 16.5. The molecule has 5 aliphatic rings. The van der Waals surface area contributed by atoms with E-state index in [1.807, 2.05) is 0 Å². The number of aliphatic hydroxyl groups is 1. The van der Waals surface area contributed by atoms with Gasteiger partial charge in [-0.25, -0.2) is 0 Å². The Labute approximate surface area is 183 Å². The third-order valence-corrected chi connectivity index (χ3v) is 10.8. The predicted octanol–water partition coefficient (Wildman–Crippen LogP) is 4.15. The van der Waals surface area contributed by atoms with Crippen LogP contribution in [0.15, 0.2) is 0 Å². The number of morpholine rings is 1. The minimum absolute atomic E-state index is 0.225. The van der Waals surface area contributed by atoms with Crippen molar-refractivity contribution in [2.45, 2.75) is 77.7 Å². The molecule has 4 nitrogen and oxygen atoms in total. The van der Waals surface area contributed by atoms with E-state index >= 15 is 0 Å². The summed E-state index contributed by atoms with van der Waals surface area (Å²) in [5.41, 5.74) is -0.245. The molecule has 4 heteroatoms. The van der Waals surface area contributed by atoms with E-state index in [0.29, 0.717) is 18.2 Å². The number of rotatable bonds is 3. The lowest BCUT2D eigenvalue weighted by Gasteiger charge is -2.58. The molecule has 5 rings (SSSR count). The van der Waals surface area contributed by atoms with E-state index < -0.39 is 5.60 Å². The first kappa shape index (κ1) is 21.4. The molecular weight excluding hydrogens is 374 g/mol. The molecule has 0 aromatic carbocycles. The monoisotopic (exact) mass is 417 g/mol. The number of hydrogen-bond donors (Lipinski definition) is 1. The fourth-order valence-corrected chi connectivity index (χ4v) is 8.87. The molecule has 1 N–H and O–H groups in total. The molecule has 0 radical (unpaired) electrons. The molecule has 9 atom stereocenters. The quantitative estimate of drug-likeness (QED) is 0.749. The molecule has 4 saturated carbocycles. The molecule has 1 aliphatic heterocycles. The van der Waals surface area contributed by atoms with Crippen molar-refractivity contribution < 1.29 is 14.6 Å². The smallest absolute Gasteiger partial charge is 0.150 e. The standard InChI is InChI=1S/C26H43NO3/c1-17-14-21-18(15-26(17,3)29)4-5-20-19(21)8-9-25(2)22(20)6-7-23(25)24(28)16-27-10-12-30-13-11-27/h17-23,29H,4-16H2,1-3H3/t17-,18-,19-,20+,21-,22-,23+,25-,26-/m0/s1. The first-order valence-electron chi connectivity index (χ1n) is 12.8. The summed E-state index contributed by atoms with van der Waals surface area (Å²) in [6, 6.07) is 0. The van der Waals surface area contributed by atoms with Crippen LogP contribution in [0.25, 0.3) is 0 Å². The number of nitrogens with zero attached hydrogens (tertiary/aromatic N) is 1. The zero-order valence-corrected chi connectivity index (χ0v) is 19.4. The second-order valence-corrected chi connectivity index (χ2v) is 12.2. The Morgan fingerprint density at radius 3 is 2.57 bits per heavy atom. The molecule has 1 heterocycles. The summed E-state index contributed by atoms with van der Waals surface area (Å²) in [7, 11) is 0. The van der Waals surface area contributed by atoms with Crippen molar-refractivity contribution in [1.82, 2.24) is 4.90 Å². The molecule has 0 amide bonds. The van der Waals surface area contributed by atoms with Crippen LogP contribution in [-0.2, 0) is 9.53 Å². The molecule has 0 aromatic heterocycles. The number of carbonyl (C=O) groups excluding carboxylic acids is 1. The van der Waals surface area contributed by atoms with Crippen LogP contribution in [0, 0.1) is 46.8 Å². The van der Waals surface area contributed by atoms with E-state index in [1.54, 1.807) is 0 Å². The molecule has 4 aliphatic carbocycles. The third-order valence-electron chi connectivity index (χ3n) is 10.8. The van der Waals surface area contributed by atoms with Crippen LogP contribution in [-0.4, -0.2) is 54.2 Å². The summed E-state index contributed by atoms with van der Waals surface area (Å²) in [6.45, 7) is 10.8. The molecular formula is C26H43NO3. The van der Waals surface area contributed by atoms with E-state index in [-0.39, 0.29) is 11.3 Å². The fraction of sp³-hybridized carbons (Fsp3) is 0.962. The SMILES string of the molecule is C[C@H]1C[C@H]2[C@@H](CC[C@@H]3[C@@H]2CC[C@]2(C)[C@@H](C(=O)CN4CCOCC4)CC[C@@H]32)C[C@]1(C)O. The summed E-state index contributed by atoms with van der Waals surface area (Å²) in [5, 5.41) is 10.9. The van der Waals surface area contributed by atoms with Crippen LogP contribution in [0.2, 0.25) is 0 Å². The summed E-state index contributed by atoms with van der Waals surface area (Å²) in [6.07, 6.45) is 9.79. The number of hydrogen-bond acceptors (Lipinski definition) is 4. The van der Waals surface area contributed by atoms with Gasteiger partial charge >= 0.3 is 0 Å². The van der Waals surface area contributed by atoms with Gasteiger partial charge in [-0.15, -0.1) is 0 Å². The third kappa shape index (κ3) is 3.49. The predicted molar refractivity (Wildman–Crippen MR) is 118 cm³/mol. The molecule has 0 unspecified atom stereocenters. The van der Waals surface area contributed by atoms with Crippen LogP contribution in [0.1, 0.15) is 72.1 Å². The maximum Gasteiger partial charge on any atom is 0.150 e. The molecule has 5 fully saturated rings. The first-order valence-corrected chi connectivity index (χ1v) is 12.8. The average Bonchev–Trinajstić information content (AvgIpc) is 3.07. The topological polar surface area (TPSA) is 49.8 Å². The number of fused-ring (bicyclic) bond motifs is 5. The molecule has 0 spiro atoms. The summed E-state index contributed by atoms with van der Waals surface area (Å²) in [4.78, 5) is 15.7. The Morgan fingerprint density at radius 1 is 1.03 bits per heavy atom. The zero-order chi connectivity index (χ0) is 21.1. The zero-order valence-electron chi connectivity index (χ0n) is 19.4. The molecule has 1 saturated heterocycles. The van der Waals surface area contributed by atoms with Gasteiger partial charge in [0.15, 0.2) is 0 Å². The highest BCUT2D eigenvalue weighted by molar-refractivity contribution is 5.84. The second kappa shape index (κ2) is 7.85. The van der Waals surface area contributed by atoms with Crippen molar-refractivity contribution in [3.8, 4) is 0 Å². The van der Waals surface area contributed by atoms with Crippen LogP contribution in [0.3, 0.4) is 0 Å². The van der Waals surface area contributed by atoms with Crippen molar-refractivity contribution in [1.29, 1.82) is 0 Å². The summed E-state index contributed by atoms with van der Waals surface area (Å²) in [5.74, 6) is 5.14. The van der Waals surface area contributed by atoms with Crippen LogP contribution < -0.4 is 0 Å². The van der Waals surface area contributed by atoms with Crippen molar-refractivity contribution >= 4 is 5.78 Å². The van der Waals surface area contributed by atoms with E-state index in [2.05, 4.69) is 25.7 Å². The minimum Gasteiger partial charge on any atom is -0.390 e. The van der Waals surface area contributed by atoms with Gasteiger partial charge < -0.3 is 9.84 Å². The number of ketones is 1. The Hall–Kier alpha value is -0.450.